The number of likely N-dealkylation sites (tertiary alicyclic amines) is 1. The van der Waals surface area contributed by atoms with Crippen molar-refractivity contribution < 1.29 is 9.32 Å². The average Bonchev–Trinajstić information content (AvgIpc) is 3.47. The molecule has 30 heavy (non-hydrogen) atoms. The minimum atomic E-state index is 0.327. The number of aryl methyl sites for hydroxylation is 1. The molecule has 1 amide bonds. The third kappa shape index (κ3) is 5.47. The molecule has 0 aromatic carbocycles. The maximum atomic E-state index is 12.8. The number of nitrogens with zero attached hydrogens (tertiary/aromatic N) is 5. The molecule has 2 aliphatic rings. The molecular formula is C22H33N5O2S. The fourth-order valence-electron chi connectivity index (χ4n) is 4.52. The van der Waals surface area contributed by atoms with Crippen LogP contribution in [0.4, 0.5) is 0 Å². The van der Waals surface area contributed by atoms with E-state index in [4.69, 9.17) is 4.52 Å². The Labute approximate surface area is 183 Å². The first-order valence-electron chi connectivity index (χ1n) is 11.3. The Kier molecular flexibility index (Phi) is 7.52. The van der Waals surface area contributed by atoms with Gasteiger partial charge in [0.1, 0.15) is 0 Å². The van der Waals surface area contributed by atoms with Crippen LogP contribution >= 0.6 is 11.3 Å². The summed E-state index contributed by atoms with van der Waals surface area (Å²) in [6.45, 7) is 8.75. The highest BCUT2D eigenvalue weighted by Crippen LogP contribution is 2.22. The van der Waals surface area contributed by atoms with Gasteiger partial charge >= 0.3 is 0 Å². The van der Waals surface area contributed by atoms with Crippen molar-refractivity contribution in [1.82, 2.24) is 24.8 Å². The molecule has 0 saturated carbocycles. The van der Waals surface area contributed by atoms with Gasteiger partial charge in [0, 0.05) is 45.2 Å². The summed E-state index contributed by atoms with van der Waals surface area (Å²) in [5, 5.41) is 6.10. The van der Waals surface area contributed by atoms with E-state index in [1.165, 1.54) is 12.8 Å². The molecule has 2 fully saturated rings. The molecule has 2 aromatic rings. The van der Waals surface area contributed by atoms with Gasteiger partial charge in [0.15, 0.2) is 0 Å². The summed E-state index contributed by atoms with van der Waals surface area (Å²) < 4.78 is 5.39. The molecule has 164 valence electrons. The monoisotopic (exact) mass is 431 g/mol. The van der Waals surface area contributed by atoms with E-state index in [-0.39, 0.29) is 0 Å². The molecule has 7 nitrogen and oxygen atoms in total. The lowest BCUT2D eigenvalue weighted by Gasteiger charge is -2.39. The topological polar surface area (TPSA) is 65.7 Å². The Bertz CT molecular complexity index is 785. The molecule has 0 aliphatic carbocycles. The molecule has 0 radical (unpaired) electrons. The van der Waals surface area contributed by atoms with E-state index in [1.807, 2.05) is 17.5 Å². The van der Waals surface area contributed by atoms with Crippen LogP contribution in [0, 0.1) is 0 Å². The van der Waals surface area contributed by atoms with E-state index in [1.54, 1.807) is 11.3 Å². The summed E-state index contributed by atoms with van der Waals surface area (Å²) >= 11 is 1.63. The molecule has 2 aliphatic heterocycles. The van der Waals surface area contributed by atoms with Crippen LogP contribution in [-0.4, -0.2) is 82.6 Å². The summed E-state index contributed by atoms with van der Waals surface area (Å²) in [7, 11) is 0. The number of amides is 1. The van der Waals surface area contributed by atoms with Crippen LogP contribution in [0.3, 0.4) is 0 Å². The third-order valence-corrected chi connectivity index (χ3v) is 7.18. The number of rotatable bonds is 8. The van der Waals surface area contributed by atoms with Gasteiger partial charge in [-0.25, -0.2) is 0 Å². The standard InChI is InChI=1S/C22H33N5O2S/c1-2-18-7-3-4-11-27(18)21(28)17-26-14-12-25(13-15-26)10-5-9-20-23-22(24-29-20)19-8-6-16-30-19/h6,8,16,18H,2-5,7,9-15,17H2,1H3. The molecule has 0 N–H and O–H groups in total. The summed E-state index contributed by atoms with van der Waals surface area (Å²) in [5.41, 5.74) is 0. The molecule has 0 bridgehead atoms. The first kappa shape index (κ1) is 21.5. The first-order chi connectivity index (χ1) is 14.7. The lowest BCUT2D eigenvalue weighted by molar-refractivity contribution is -0.136. The maximum Gasteiger partial charge on any atom is 0.236 e. The third-order valence-electron chi connectivity index (χ3n) is 6.32. The SMILES string of the molecule is CCC1CCCCN1C(=O)CN1CCN(CCCc2nc(-c3cccs3)no2)CC1. The van der Waals surface area contributed by atoms with E-state index in [0.717, 1.165) is 75.7 Å². The average molecular weight is 432 g/mol. The smallest absolute Gasteiger partial charge is 0.236 e. The van der Waals surface area contributed by atoms with Gasteiger partial charge in [-0.05, 0) is 50.1 Å². The van der Waals surface area contributed by atoms with Gasteiger partial charge in [-0.3, -0.25) is 9.69 Å². The summed E-state index contributed by atoms with van der Waals surface area (Å²) in [5.74, 6) is 1.74. The number of hydrogen-bond acceptors (Lipinski definition) is 7. The highest BCUT2D eigenvalue weighted by atomic mass is 32.1. The van der Waals surface area contributed by atoms with Gasteiger partial charge in [-0.2, -0.15) is 4.98 Å². The van der Waals surface area contributed by atoms with Crippen LogP contribution in [0.25, 0.3) is 10.7 Å². The lowest BCUT2D eigenvalue weighted by atomic mass is 10.00. The Hall–Kier alpha value is -1.77. The molecule has 1 atom stereocenters. The number of piperidine rings is 1. The van der Waals surface area contributed by atoms with E-state index in [9.17, 15) is 4.79 Å². The molecule has 4 heterocycles. The van der Waals surface area contributed by atoms with Crippen molar-refractivity contribution in [3.05, 3.63) is 23.4 Å². The van der Waals surface area contributed by atoms with Gasteiger partial charge < -0.3 is 14.3 Å². The zero-order chi connectivity index (χ0) is 20.8. The van der Waals surface area contributed by atoms with Crippen LogP contribution in [0.5, 0.6) is 0 Å². The zero-order valence-corrected chi connectivity index (χ0v) is 18.8. The van der Waals surface area contributed by atoms with E-state index in [0.29, 0.717) is 24.3 Å². The van der Waals surface area contributed by atoms with Crippen molar-refractivity contribution in [2.75, 3.05) is 45.8 Å². The van der Waals surface area contributed by atoms with E-state index < -0.39 is 0 Å². The minimum absolute atomic E-state index is 0.327. The van der Waals surface area contributed by atoms with Gasteiger partial charge in [-0.1, -0.05) is 18.1 Å². The van der Waals surface area contributed by atoms with Crippen LogP contribution < -0.4 is 0 Å². The van der Waals surface area contributed by atoms with Crippen LogP contribution in [0.2, 0.25) is 0 Å². The zero-order valence-electron chi connectivity index (χ0n) is 18.0. The number of carbonyl (C=O) groups is 1. The second-order valence-corrected chi connectivity index (χ2v) is 9.30. The van der Waals surface area contributed by atoms with Crippen molar-refractivity contribution >= 4 is 17.2 Å². The van der Waals surface area contributed by atoms with E-state index in [2.05, 4.69) is 31.8 Å². The van der Waals surface area contributed by atoms with Gasteiger partial charge in [-0.15, -0.1) is 11.3 Å². The number of carbonyl (C=O) groups excluding carboxylic acids is 1. The normalized spacial score (nSPS) is 21.2. The fourth-order valence-corrected chi connectivity index (χ4v) is 5.17. The first-order valence-corrected chi connectivity index (χ1v) is 12.2. The highest BCUT2D eigenvalue weighted by Gasteiger charge is 2.27. The van der Waals surface area contributed by atoms with E-state index >= 15 is 0 Å². The number of aromatic nitrogens is 2. The molecule has 2 saturated heterocycles. The Balaban J connectivity index is 1.15. The Morgan fingerprint density at radius 3 is 2.80 bits per heavy atom. The second-order valence-electron chi connectivity index (χ2n) is 8.36. The molecule has 0 spiro atoms. The quantitative estimate of drug-likeness (QED) is 0.640. The largest absolute Gasteiger partial charge is 0.339 e. The predicted octanol–water partition coefficient (Wildman–Crippen LogP) is 3.14. The molecule has 8 heteroatoms. The van der Waals surface area contributed by atoms with Crippen LogP contribution in [0.15, 0.2) is 22.0 Å². The maximum absolute atomic E-state index is 12.8. The van der Waals surface area contributed by atoms with Crippen LogP contribution in [0.1, 0.15) is 44.9 Å². The van der Waals surface area contributed by atoms with Crippen molar-refractivity contribution in [1.29, 1.82) is 0 Å². The van der Waals surface area contributed by atoms with Crippen molar-refractivity contribution in [2.45, 2.75) is 51.5 Å². The van der Waals surface area contributed by atoms with Gasteiger partial charge in [0.2, 0.25) is 17.6 Å². The van der Waals surface area contributed by atoms with Gasteiger partial charge in [0.05, 0.1) is 11.4 Å². The summed E-state index contributed by atoms with van der Waals surface area (Å²) in [6, 6.07) is 4.47. The van der Waals surface area contributed by atoms with Crippen molar-refractivity contribution in [2.24, 2.45) is 0 Å². The Morgan fingerprint density at radius 2 is 2.03 bits per heavy atom. The molecule has 2 aromatic heterocycles. The van der Waals surface area contributed by atoms with Crippen molar-refractivity contribution in [3.8, 4) is 10.7 Å². The second kappa shape index (κ2) is 10.5. The molecule has 4 rings (SSSR count). The molecular weight excluding hydrogens is 398 g/mol. The fraction of sp³-hybridized carbons (Fsp3) is 0.682. The lowest BCUT2D eigenvalue weighted by Crippen LogP contribution is -2.52. The number of hydrogen-bond donors (Lipinski definition) is 0. The highest BCUT2D eigenvalue weighted by molar-refractivity contribution is 7.13. The predicted molar refractivity (Wildman–Crippen MR) is 118 cm³/mol. The van der Waals surface area contributed by atoms with Gasteiger partial charge in [0.25, 0.3) is 0 Å². The number of thiophene rings is 1. The summed E-state index contributed by atoms with van der Waals surface area (Å²) in [4.78, 5) is 25.3. The minimum Gasteiger partial charge on any atom is -0.339 e. The molecule has 1 unspecified atom stereocenters. The summed E-state index contributed by atoms with van der Waals surface area (Å²) in [6.07, 6.45) is 6.49. The van der Waals surface area contributed by atoms with Crippen LogP contribution in [-0.2, 0) is 11.2 Å². The Morgan fingerprint density at radius 1 is 1.20 bits per heavy atom. The van der Waals surface area contributed by atoms with Crippen molar-refractivity contribution in [3.63, 3.8) is 0 Å². The number of piperazine rings is 1.